The first-order valence-corrected chi connectivity index (χ1v) is 10.8. The van der Waals surface area contributed by atoms with Gasteiger partial charge >= 0.3 is 0 Å². The van der Waals surface area contributed by atoms with Gasteiger partial charge in [-0.3, -0.25) is 9.69 Å². The van der Waals surface area contributed by atoms with Gasteiger partial charge in [0, 0.05) is 44.8 Å². The summed E-state index contributed by atoms with van der Waals surface area (Å²) in [6, 6.07) is 13.2. The summed E-state index contributed by atoms with van der Waals surface area (Å²) in [6.07, 6.45) is 0. The average Bonchev–Trinajstić information content (AvgIpc) is 2.83. The average molecular weight is 443 g/mol. The van der Waals surface area contributed by atoms with Crippen molar-refractivity contribution in [1.82, 2.24) is 14.5 Å². The Hall–Kier alpha value is -3.88. The Morgan fingerprint density at radius 1 is 1.21 bits per heavy atom. The fourth-order valence-electron chi connectivity index (χ4n) is 4.48. The zero-order valence-electron chi connectivity index (χ0n) is 19.2. The summed E-state index contributed by atoms with van der Waals surface area (Å²) in [5, 5.41) is 9.58. The van der Waals surface area contributed by atoms with Crippen LogP contribution in [-0.2, 0) is 13.6 Å². The molecule has 0 spiro atoms. The number of anilines is 1. The summed E-state index contributed by atoms with van der Waals surface area (Å²) < 4.78 is 6.82. The lowest BCUT2D eigenvalue weighted by Gasteiger charge is -2.45. The molecule has 3 heterocycles. The van der Waals surface area contributed by atoms with Crippen molar-refractivity contribution in [3.8, 4) is 11.8 Å². The molecule has 4 rings (SSSR count). The lowest BCUT2D eigenvalue weighted by molar-refractivity contribution is 0.158. The molecule has 1 aliphatic heterocycles. The first kappa shape index (κ1) is 22.3. The molecule has 3 aromatic rings. The van der Waals surface area contributed by atoms with Crippen LogP contribution in [-0.4, -0.2) is 46.7 Å². The third kappa shape index (κ3) is 4.13. The van der Waals surface area contributed by atoms with E-state index in [1.54, 1.807) is 43.0 Å². The first-order valence-electron chi connectivity index (χ1n) is 10.8. The van der Waals surface area contributed by atoms with Gasteiger partial charge in [-0.15, -0.1) is 4.98 Å². The van der Waals surface area contributed by atoms with Crippen molar-refractivity contribution in [2.75, 3.05) is 25.1 Å². The van der Waals surface area contributed by atoms with Crippen LogP contribution in [0.3, 0.4) is 0 Å². The number of pyridine rings is 2. The summed E-state index contributed by atoms with van der Waals surface area (Å²) in [5.41, 5.74) is 3.62. The second-order valence-electron chi connectivity index (χ2n) is 8.49. The highest BCUT2D eigenvalue weighted by molar-refractivity contribution is 5.89. The minimum Gasteiger partial charge on any atom is -0.497 e. The molecule has 0 N–H and O–H groups in total. The highest BCUT2D eigenvalue weighted by Crippen LogP contribution is 2.30. The molecule has 0 aliphatic carbocycles. The number of piperazine rings is 1. The van der Waals surface area contributed by atoms with Crippen LogP contribution in [0.4, 0.5) is 11.5 Å². The van der Waals surface area contributed by atoms with Gasteiger partial charge in [0.05, 0.1) is 29.9 Å². The molecule has 1 saturated heterocycles. The minimum absolute atomic E-state index is 0.103. The van der Waals surface area contributed by atoms with E-state index < -0.39 is 0 Å². The Bertz CT molecular complexity index is 1350. The normalized spacial score (nSPS) is 18.7. The zero-order chi connectivity index (χ0) is 23.7. The summed E-state index contributed by atoms with van der Waals surface area (Å²) in [6.45, 7) is 13.7. The van der Waals surface area contributed by atoms with Gasteiger partial charge in [-0.1, -0.05) is 12.6 Å². The number of aromatic nitrogens is 2. The highest BCUT2D eigenvalue weighted by atomic mass is 16.5. The number of hydrogen-bond acceptors (Lipinski definition) is 6. The van der Waals surface area contributed by atoms with Crippen LogP contribution in [0, 0.1) is 17.9 Å². The Balaban J connectivity index is 1.65. The molecular formula is C25H26N6O2. The van der Waals surface area contributed by atoms with Gasteiger partial charge < -0.3 is 19.0 Å². The van der Waals surface area contributed by atoms with Crippen molar-refractivity contribution >= 4 is 22.5 Å². The highest BCUT2D eigenvalue weighted by Gasteiger charge is 2.32. The summed E-state index contributed by atoms with van der Waals surface area (Å²) in [4.78, 5) is 25.2. The number of benzene rings is 1. The van der Waals surface area contributed by atoms with Crippen LogP contribution in [0.25, 0.3) is 15.9 Å². The third-order valence-electron chi connectivity index (χ3n) is 6.40. The fraction of sp³-hybridized carbons (Fsp3) is 0.360. The van der Waals surface area contributed by atoms with Gasteiger partial charge in [0.1, 0.15) is 5.75 Å². The maximum Gasteiger partial charge on any atom is 0.270 e. The topological polar surface area (TPSA) is 78.8 Å². The maximum absolute atomic E-state index is 12.7. The lowest BCUT2D eigenvalue weighted by atomic mass is 10.0. The van der Waals surface area contributed by atoms with E-state index in [0.717, 1.165) is 17.8 Å². The van der Waals surface area contributed by atoms with Gasteiger partial charge in [-0.25, -0.2) is 0 Å². The molecular weight excluding hydrogens is 416 g/mol. The summed E-state index contributed by atoms with van der Waals surface area (Å²) >= 11 is 0. The van der Waals surface area contributed by atoms with E-state index in [9.17, 15) is 10.1 Å². The molecule has 1 aliphatic rings. The zero-order valence-corrected chi connectivity index (χ0v) is 19.2. The molecule has 1 fully saturated rings. The number of nitriles is 1. The predicted octanol–water partition coefficient (Wildman–Crippen LogP) is 3.46. The monoisotopic (exact) mass is 442 g/mol. The number of hydrogen-bond donors (Lipinski definition) is 0. The van der Waals surface area contributed by atoms with Gasteiger partial charge in [0.15, 0.2) is 0 Å². The number of nitrogens with zero attached hydrogens (tertiary/aromatic N) is 6. The SMILES string of the molecule is [C-]#[N+]c1ccc2c(n1)c(N1C[C@@H](C)N(Cc3ccc(OC)cc3C#N)C[C@@H]1C)cc(=O)n2C. The van der Waals surface area contributed by atoms with Crippen molar-refractivity contribution in [2.24, 2.45) is 7.05 Å². The first-order chi connectivity index (χ1) is 15.9. The van der Waals surface area contributed by atoms with Crippen molar-refractivity contribution in [2.45, 2.75) is 32.5 Å². The van der Waals surface area contributed by atoms with Crippen molar-refractivity contribution in [3.63, 3.8) is 0 Å². The van der Waals surface area contributed by atoms with E-state index in [0.29, 0.717) is 41.3 Å². The second kappa shape index (κ2) is 8.93. The number of methoxy groups -OCH3 is 1. The molecule has 8 nitrogen and oxygen atoms in total. The Kier molecular flexibility index (Phi) is 6.04. The fourth-order valence-corrected chi connectivity index (χ4v) is 4.48. The molecule has 0 unspecified atom stereocenters. The maximum atomic E-state index is 12.7. The number of fused-ring (bicyclic) bond motifs is 1. The molecule has 0 radical (unpaired) electrons. The third-order valence-corrected chi connectivity index (χ3v) is 6.40. The Labute approximate surface area is 193 Å². The molecule has 33 heavy (non-hydrogen) atoms. The smallest absolute Gasteiger partial charge is 0.270 e. The van der Waals surface area contributed by atoms with E-state index in [1.807, 2.05) is 12.1 Å². The van der Waals surface area contributed by atoms with Crippen LogP contribution >= 0.6 is 0 Å². The van der Waals surface area contributed by atoms with Crippen LogP contribution in [0.15, 0.2) is 41.2 Å². The lowest BCUT2D eigenvalue weighted by Crippen LogP contribution is -2.56. The molecule has 0 saturated carbocycles. The van der Waals surface area contributed by atoms with E-state index in [2.05, 4.69) is 39.5 Å². The van der Waals surface area contributed by atoms with Gasteiger partial charge in [-0.2, -0.15) is 5.26 Å². The van der Waals surface area contributed by atoms with E-state index in [1.165, 1.54) is 0 Å². The van der Waals surface area contributed by atoms with Crippen LogP contribution < -0.4 is 15.2 Å². The van der Waals surface area contributed by atoms with Gasteiger partial charge in [0.25, 0.3) is 11.4 Å². The van der Waals surface area contributed by atoms with Crippen LogP contribution in [0.1, 0.15) is 25.0 Å². The second-order valence-corrected chi connectivity index (χ2v) is 8.49. The number of aryl methyl sites for hydroxylation is 1. The summed E-state index contributed by atoms with van der Waals surface area (Å²) in [5.74, 6) is 0.982. The van der Waals surface area contributed by atoms with Crippen LogP contribution in [0.2, 0.25) is 0 Å². The number of ether oxygens (including phenoxy) is 1. The molecule has 2 aromatic heterocycles. The summed E-state index contributed by atoms with van der Waals surface area (Å²) in [7, 11) is 3.31. The number of rotatable bonds is 4. The minimum atomic E-state index is -0.103. The van der Waals surface area contributed by atoms with E-state index in [-0.39, 0.29) is 17.6 Å². The Morgan fingerprint density at radius 3 is 2.70 bits per heavy atom. The predicted molar refractivity (Wildman–Crippen MR) is 128 cm³/mol. The molecule has 168 valence electrons. The quantitative estimate of drug-likeness (QED) is 0.576. The van der Waals surface area contributed by atoms with Crippen molar-refractivity contribution in [1.29, 1.82) is 5.26 Å². The molecule has 2 atom stereocenters. The van der Waals surface area contributed by atoms with Crippen LogP contribution in [0.5, 0.6) is 5.75 Å². The van der Waals surface area contributed by atoms with Gasteiger partial charge in [0.2, 0.25) is 5.52 Å². The largest absolute Gasteiger partial charge is 0.497 e. The Morgan fingerprint density at radius 2 is 2.00 bits per heavy atom. The molecule has 8 heteroatoms. The van der Waals surface area contributed by atoms with Gasteiger partial charge in [-0.05, 0) is 43.7 Å². The standard InChI is InChI=1S/C25H26N6O2/c1-16-14-31(22-11-24(32)29(4)21-8-9-23(27-3)28-25(21)22)17(2)13-30(16)15-18-6-7-20(33-5)10-19(18)12-26/h6-11,16-17H,13-15H2,1-2,4-5H3/t16-,17+/m1/s1. The van der Waals surface area contributed by atoms with Crippen molar-refractivity contribution < 1.29 is 4.74 Å². The van der Waals surface area contributed by atoms with E-state index >= 15 is 0 Å². The molecule has 1 aromatic carbocycles. The van der Waals surface area contributed by atoms with E-state index in [4.69, 9.17) is 11.3 Å². The molecule has 0 amide bonds. The van der Waals surface area contributed by atoms with Crippen molar-refractivity contribution in [3.05, 3.63) is 69.3 Å². The molecule has 0 bridgehead atoms.